The van der Waals surface area contributed by atoms with E-state index in [1.165, 1.54) is 193 Å². The second-order valence-corrected chi connectivity index (χ2v) is 29.5. The van der Waals surface area contributed by atoms with Crippen LogP contribution in [0.15, 0.2) is 0 Å². The number of aliphatic hydroxyl groups excluding tert-OH is 1. The molecule has 0 fully saturated rings. The van der Waals surface area contributed by atoms with E-state index in [-0.39, 0.29) is 25.7 Å². The van der Waals surface area contributed by atoms with Crippen LogP contribution in [0.25, 0.3) is 0 Å². The lowest BCUT2D eigenvalue weighted by atomic mass is 10.00. The minimum atomic E-state index is -4.95. The summed E-state index contributed by atoms with van der Waals surface area (Å²) in [5.41, 5.74) is 0. The van der Waals surface area contributed by atoms with E-state index in [0.717, 1.165) is 109 Å². The Hall–Kier alpha value is -1.94. The van der Waals surface area contributed by atoms with Crippen LogP contribution < -0.4 is 0 Å². The van der Waals surface area contributed by atoms with Crippen molar-refractivity contribution in [2.24, 2.45) is 5.92 Å². The summed E-state index contributed by atoms with van der Waals surface area (Å²) in [5.74, 6) is -1.41. The first-order valence-corrected chi connectivity index (χ1v) is 41.2. The normalized spacial score (nSPS) is 14.3. The third kappa shape index (κ3) is 65.4. The summed E-state index contributed by atoms with van der Waals surface area (Å²) in [6.45, 7) is 7.17. The minimum Gasteiger partial charge on any atom is -0.462 e. The van der Waals surface area contributed by atoms with Gasteiger partial charge in [-0.3, -0.25) is 37.3 Å². The lowest BCUT2D eigenvalue weighted by molar-refractivity contribution is -0.161. The molecule has 3 unspecified atom stereocenters. The highest BCUT2D eigenvalue weighted by Gasteiger charge is 2.30. The number of ether oxygens (including phenoxy) is 4. The third-order valence-electron chi connectivity index (χ3n) is 17.4. The first-order valence-electron chi connectivity index (χ1n) is 38.2. The standard InChI is InChI=1S/C73H142O17P2/c1-6-10-13-16-19-21-23-25-27-28-29-30-31-32-33-35-37-39-42-48-53-58-72(77)89-68(63-84-71(76)57-52-47-41-38-36-34-26-24-22-20-17-14-11-7-2)64-87-91(79,80)85-60-67(74)61-86-92(81,82)88-65-69(62-83-70(75)56-51-46-40-18-15-12-8-3)90-73(78)59-54-49-44-43-45-50-55-66(5)9-4/h66-69,74H,6-65H2,1-5H3,(H,79,80)(H,81,82)/t66?,67-,68-,69-/m1/s1. The molecular weight excluding hydrogens is 1210 g/mol. The lowest BCUT2D eigenvalue weighted by Crippen LogP contribution is -2.30. The molecule has 0 aliphatic rings. The Bertz CT molecular complexity index is 1770. The number of hydrogen-bond donors (Lipinski definition) is 3. The van der Waals surface area contributed by atoms with Gasteiger partial charge in [0, 0.05) is 25.7 Å². The zero-order valence-corrected chi connectivity index (χ0v) is 61.5. The average Bonchev–Trinajstić information content (AvgIpc) is 3.52. The van der Waals surface area contributed by atoms with E-state index >= 15 is 0 Å². The number of phosphoric ester groups is 2. The molecule has 546 valence electrons. The molecule has 0 radical (unpaired) electrons. The molecule has 0 amide bonds. The van der Waals surface area contributed by atoms with Crippen LogP contribution >= 0.6 is 15.6 Å². The first-order chi connectivity index (χ1) is 44.6. The van der Waals surface area contributed by atoms with Crippen molar-refractivity contribution in [1.82, 2.24) is 0 Å². The van der Waals surface area contributed by atoms with Gasteiger partial charge in [0.05, 0.1) is 26.4 Å². The molecule has 0 aliphatic carbocycles. The predicted molar refractivity (Wildman–Crippen MR) is 372 cm³/mol. The quantitative estimate of drug-likeness (QED) is 0.0222. The summed E-state index contributed by atoms with van der Waals surface area (Å²) >= 11 is 0. The van der Waals surface area contributed by atoms with Crippen molar-refractivity contribution in [3.8, 4) is 0 Å². The maximum atomic E-state index is 13.1. The van der Waals surface area contributed by atoms with Gasteiger partial charge < -0.3 is 33.8 Å². The van der Waals surface area contributed by atoms with Crippen LogP contribution in [0.3, 0.4) is 0 Å². The highest BCUT2D eigenvalue weighted by Crippen LogP contribution is 2.45. The van der Waals surface area contributed by atoms with Crippen molar-refractivity contribution in [1.29, 1.82) is 0 Å². The molecular formula is C73H142O17P2. The van der Waals surface area contributed by atoms with Crippen LogP contribution in [0.5, 0.6) is 0 Å². The molecule has 0 rings (SSSR count). The van der Waals surface area contributed by atoms with E-state index in [0.29, 0.717) is 25.7 Å². The Labute approximate surface area is 562 Å². The molecule has 0 aromatic rings. The molecule has 0 bridgehead atoms. The second-order valence-electron chi connectivity index (χ2n) is 26.6. The summed E-state index contributed by atoms with van der Waals surface area (Å²) in [6, 6.07) is 0. The van der Waals surface area contributed by atoms with E-state index < -0.39 is 97.5 Å². The van der Waals surface area contributed by atoms with Gasteiger partial charge in [0.1, 0.15) is 19.3 Å². The maximum absolute atomic E-state index is 13.1. The van der Waals surface area contributed by atoms with E-state index in [1.807, 2.05) is 0 Å². The Balaban J connectivity index is 5.15. The highest BCUT2D eigenvalue weighted by molar-refractivity contribution is 7.47. The molecule has 17 nitrogen and oxygen atoms in total. The maximum Gasteiger partial charge on any atom is 0.472 e. The fourth-order valence-electron chi connectivity index (χ4n) is 11.1. The van der Waals surface area contributed by atoms with Gasteiger partial charge in [-0.2, -0.15) is 0 Å². The van der Waals surface area contributed by atoms with Gasteiger partial charge in [0.25, 0.3) is 0 Å². The minimum absolute atomic E-state index is 0.103. The van der Waals surface area contributed by atoms with Crippen LogP contribution in [0, 0.1) is 5.92 Å². The van der Waals surface area contributed by atoms with E-state index in [4.69, 9.17) is 37.0 Å². The second kappa shape index (κ2) is 66.3. The Morgan fingerprint density at radius 1 is 0.304 bits per heavy atom. The summed E-state index contributed by atoms with van der Waals surface area (Å²) in [4.78, 5) is 72.5. The third-order valence-corrected chi connectivity index (χ3v) is 19.3. The summed E-state index contributed by atoms with van der Waals surface area (Å²) in [6.07, 6.45) is 54.4. The number of aliphatic hydroxyl groups is 1. The van der Waals surface area contributed by atoms with Gasteiger partial charge in [-0.25, -0.2) is 9.13 Å². The van der Waals surface area contributed by atoms with Gasteiger partial charge >= 0.3 is 39.5 Å². The molecule has 0 aromatic heterocycles. The average molecular weight is 1350 g/mol. The van der Waals surface area contributed by atoms with Gasteiger partial charge in [-0.1, -0.05) is 330 Å². The van der Waals surface area contributed by atoms with Crippen molar-refractivity contribution >= 4 is 39.5 Å². The molecule has 0 saturated carbocycles. The van der Waals surface area contributed by atoms with Crippen molar-refractivity contribution in [2.45, 2.75) is 400 Å². The summed E-state index contributed by atoms with van der Waals surface area (Å²) in [7, 11) is -9.90. The number of carbonyl (C=O) groups is 4. The molecule has 6 atom stereocenters. The van der Waals surface area contributed by atoms with Crippen molar-refractivity contribution in [2.75, 3.05) is 39.6 Å². The molecule has 0 heterocycles. The Morgan fingerprint density at radius 2 is 0.522 bits per heavy atom. The largest absolute Gasteiger partial charge is 0.472 e. The molecule has 92 heavy (non-hydrogen) atoms. The number of esters is 4. The molecule has 0 spiro atoms. The Kier molecular flexibility index (Phi) is 64.9. The van der Waals surface area contributed by atoms with Crippen LogP contribution in [0.4, 0.5) is 0 Å². The number of hydrogen-bond acceptors (Lipinski definition) is 15. The van der Waals surface area contributed by atoms with Crippen LogP contribution in [0.2, 0.25) is 0 Å². The van der Waals surface area contributed by atoms with E-state index in [9.17, 15) is 43.2 Å². The van der Waals surface area contributed by atoms with E-state index in [2.05, 4.69) is 34.6 Å². The van der Waals surface area contributed by atoms with Crippen molar-refractivity contribution in [3.63, 3.8) is 0 Å². The fraction of sp³-hybridized carbons (Fsp3) is 0.945. The lowest BCUT2D eigenvalue weighted by Gasteiger charge is -2.21. The molecule has 0 saturated heterocycles. The topological polar surface area (TPSA) is 237 Å². The van der Waals surface area contributed by atoms with E-state index in [1.54, 1.807) is 0 Å². The molecule has 0 aromatic carbocycles. The van der Waals surface area contributed by atoms with Gasteiger partial charge in [0.15, 0.2) is 12.2 Å². The number of carbonyl (C=O) groups excluding carboxylic acids is 4. The van der Waals surface area contributed by atoms with Crippen LogP contribution in [-0.4, -0.2) is 96.7 Å². The number of rotatable bonds is 73. The van der Waals surface area contributed by atoms with Crippen molar-refractivity contribution < 1.29 is 80.2 Å². The van der Waals surface area contributed by atoms with Gasteiger partial charge in [-0.05, 0) is 31.6 Å². The van der Waals surface area contributed by atoms with Gasteiger partial charge in [0.2, 0.25) is 0 Å². The highest BCUT2D eigenvalue weighted by atomic mass is 31.2. The zero-order chi connectivity index (χ0) is 67.7. The van der Waals surface area contributed by atoms with Crippen LogP contribution in [-0.2, 0) is 65.4 Å². The molecule has 0 aliphatic heterocycles. The van der Waals surface area contributed by atoms with Crippen LogP contribution in [0.1, 0.15) is 381 Å². The first kappa shape index (κ1) is 90.1. The Morgan fingerprint density at radius 3 is 0.772 bits per heavy atom. The number of unbranched alkanes of at least 4 members (excludes halogenated alkanes) is 44. The smallest absolute Gasteiger partial charge is 0.462 e. The molecule has 3 N–H and O–H groups in total. The SMILES string of the molecule is CCCCCCCCCCCCCCCCCCCCCCCC(=O)O[C@H](COC(=O)CCCCCCCCCCCCCCCC)COP(=O)(O)OC[C@@H](O)COP(=O)(O)OC[C@@H](COC(=O)CCCCCCCCC)OC(=O)CCCCCCCCC(C)CC. The predicted octanol–water partition coefficient (Wildman–Crippen LogP) is 21.3. The van der Waals surface area contributed by atoms with Gasteiger partial charge in [-0.15, -0.1) is 0 Å². The number of phosphoric acid groups is 2. The fourth-order valence-corrected chi connectivity index (χ4v) is 12.7. The molecule has 19 heteroatoms. The summed E-state index contributed by atoms with van der Waals surface area (Å²) < 4.78 is 68.2. The summed E-state index contributed by atoms with van der Waals surface area (Å²) in [5, 5.41) is 10.6. The zero-order valence-electron chi connectivity index (χ0n) is 59.7. The van der Waals surface area contributed by atoms with Crippen molar-refractivity contribution in [3.05, 3.63) is 0 Å². The monoisotopic (exact) mass is 1350 g/mol.